The van der Waals surface area contributed by atoms with Gasteiger partial charge in [-0.2, -0.15) is 0 Å². The van der Waals surface area contributed by atoms with E-state index in [4.69, 9.17) is 0 Å². The van der Waals surface area contributed by atoms with Gasteiger partial charge in [-0.05, 0) is 31.5 Å². The SMILES string of the molecule is Cc1c(NC(C)C(=O)NC(=O)NCc2ccccc2)c(=O)n(-c2ccccc2)n1C. The molecule has 1 aromatic heterocycles. The molecule has 3 amide bonds. The van der Waals surface area contributed by atoms with Crippen molar-refractivity contribution in [3.8, 4) is 5.69 Å². The van der Waals surface area contributed by atoms with Crippen LogP contribution in [0.2, 0.25) is 0 Å². The van der Waals surface area contributed by atoms with E-state index in [9.17, 15) is 14.4 Å². The first-order valence-corrected chi connectivity index (χ1v) is 9.61. The maximum Gasteiger partial charge on any atom is 0.321 e. The Bertz CT molecular complexity index is 1090. The molecule has 1 atom stereocenters. The average Bonchev–Trinajstić information content (AvgIpc) is 2.96. The van der Waals surface area contributed by atoms with E-state index in [0.717, 1.165) is 11.3 Å². The molecule has 3 N–H and O–H groups in total. The molecule has 0 spiro atoms. The number of amides is 3. The van der Waals surface area contributed by atoms with Crippen LogP contribution >= 0.6 is 0 Å². The summed E-state index contributed by atoms with van der Waals surface area (Å²) in [5.41, 5.74) is 2.37. The van der Waals surface area contributed by atoms with Gasteiger partial charge in [0.15, 0.2) is 0 Å². The summed E-state index contributed by atoms with van der Waals surface area (Å²) >= 11 is 0. The van der Waals surface area contributed by atoms with Crippen LogP contribution in [0, 0.1) is 6.92 Å². The van der Waals surface area contributed by atoms with Crippen LogP contribution < -0.4 is 21.5 Å². The highest BCUT2D eigenvalue weighted by atomic mass is 16.2. The Kier molecular flexibility index (Phi) is 6.36. The minimum atomic E-state index is -0.787. The monoisotopic (exact) mass is 407 g/mol. The van der Waals surface area contributed by atoms with Crippen LogP contribution in [0.4, 0.5) is 10.5 Å². The number of para-hydroxylation sites is 1. The van der Waals surface area contributed by atoms with E-state index in [1.807, 2.05) is 60.7 Å². The Morgan fingerprint density at radius 3 is 2.23 bits per heavy atom. The highest BCUT2D eigenvalue weighted by molar-refractivity contribution is 5.98. The molecule has 0 bridgehead atoms. The van der Waals surface area contributed by atoms with Crippen LogP contribution in [-0.4, -0.2) is 27.3 Å². The maximum absolute atomic E-state index is 12.9. The summed E-state index contributed by atoms with van der Waals surface area (Å²) in [5.74, 6) is -0.533. The second-order valence-corrected chi connectivity index (χ2v) is 6.96. The number of carbonyl (C=O) groups excluding carboxylic acids is 2. The Labute approximate surface area is 174 Å². The molecule has 0 radical (unpaired) electrons. The van der Waals surface area contributed by atoms with Crippen LogP contribution in [0.3, 0.4) is 0 Å². The quantitative estimate of drug-likeness (QED) is 0.584. The zero-order valence-corrected chi connectivity index (χ0v) is 17.2. The van der Waals surface area contributed by atoms with Crippen molar-refractivity contribution in [1.29, 1.82) is 0 Å². The number of anilines is 1. The first kappa shape index (κ1) is 20.9. The molecule has 0 aliphatic heterocycles. The molecule has 1 heterocycles. The average molecular weight is 407 g/mol. The standard InChI is InChI=1S/C22H25N5O3/c1-15(20(28)25-22(30)23-14-17-10-6-4-7-11-17)24-19-16(2)26(3)27(21(19)29)18-12-8-5-9-13-18/h4-13,15,24H,14H2,1-3H3,(H2,23,25,28,30). The highest BCUT2D eigenvalue weighted by Crippen LogP contribution is 2.14. The minimum absolute atomic E-state index is 0.269. The number of urea groups is 1. The van der Waals surface area contributed by atoms with Gasteiger partial charge in [0.05, 0.1) is 11.4 Å². The molecule has 2 aromatic carbocycles. The molecule has 0 aliphatic carbocycles. The number of rotatable bonds is 6. The predicted molar refractivity (Wildman–Crippen MR) is 116 cm³/mol. The van der Waals surface area contributed by atoms with Gasteiger partial charge in [0.1, 0.15) is 11.7 Å². The molecule has 0 aliphatic rings. The number of hydrogen-bond donors (Lipinski definition) is 3. The fourth-order valence-electron chi connectivity index (χ4n) is 3.06. The summed E-state index contributed by atoms with van der Waals surface area (Å²) in [6, 6.07) is 17.2. The number of nitrogens with zero attached hydrogens (tertiary/aromatic N) is 2. The molecule has 8 heteroatoms. The van der Waals surface area contributed by atoms with Gasteiger partial charge in [0.2, 0.25) is 5.91 Å². The van der Waals surface area contributed by atoms with E-state index < -0.39 is 18.0 Å². The molecular weight excluding hydrogens is 382 g/mol. The van der Waals surface area contributed by atoms with Crippen molar-refractivity contribution in [1.82, 2.24) is 20.0 Å². The van der Waals surface area contributed by atoms with E-state index in [-0.39, 0.29) is 5.56 Å². The van der Waals surface area contributed by atoms with E-state index in [0.29, 0.717) is 17.9 Å². The lowest BCUT2D eigenvalue weighted by Crippen LogP contribution is -2.45. The van der Waals surface area contributed by atoms with Gasteiger partial charge in [-0.3, -0.25) is 19.6 Å². The van der Waals surface area contributed by atoms with Gasteiger partial charge in [-0.1, -0.05) is 48.5 Å². The minimum Gasteiger partial charge on any atom is -0.368 e. The molecule has 1 unspecified atom stereocenters. The second-order valence-electron chi connectivity index (χ2n) is 6.96. The Morgan fingerprint density at radius 1 is 1.00 bits per heavy atom. The maximum atomic E-state index is 12.9. The third-order valence-corrected chi connectivity index (χ3v) is 4.84. The highest BCUT2D eigenvalue weighted by Gasteiger charge is 2.21. The summed E-state index contributed by atoms with van der Waals surface area (Å²) in [6.45, 7) is 3.69. The molecule has 3 aromatic rings. The van der Waals surface area contributed by atoms with Crippen molar-refractivity contribution in [2.45, 2.75) is 26.4 Å². The molecule has 0 saturated heterocycles. The summed E-state index contributed by atoms with van der Waals surface area (Å²) in [6.07, 6.45) is 0. The van der Waals surface area contributed by atoms with Crippen LogP contribution in [0.25, 0.3) is 5.69 Å². The lowest BCUT2D eigenvalue weighted by molar-refractivity contribution is -0.120. The Balaban J connectivity index is 1.65. The molecule has 156 valence electrons. The van der Waals surface area contributed by atoms with Gasteiger partial charge < -0.3 is 10.6 Å². The lowest BCUT2D eigenvalue weighted by Gasteiger charge is -2.14. The van der Waals surface area contributed by atoms with E-state index in [1.165, 1.54) is 4.68 Å². The van der Waals surface area contributed by atoms with E-state index in [1.54, 1.807) is 25.6 Å². The van der Waals surface area contributed by atoms with Crippen LogP contribution in [0.5, 0.6) is 0 Å². The number of nitrogens with one attached hydrogen (secondary N) is 3. The summed E-state index contributed by atoms with van der Waals surface area (Å²) in [4.78, 5) is 37.3. The zero-order chi connectivity index (χ0) is 21.7. The fraction of sp³-hybridized carbons (Fsp3) is 0.227. The predicted octanol–water partition coefficient (Wildman–Crippen LogP) is 2.31. The normalized spacial score (nSPS) is 11.6. The number of benzene rings is 2. The zero-order valence-electron chi connectivity index (χ0n) is 17.2. The number of carbonyl (C=O) groups is 2. The van der Waals surface area contributed by atoms with Crippen molar-refractivity contribution in [2.24, 2.45) is 7.05 Å². The summed E-state index contributed by atoms with van der Waals surface area (Å²) in [5, 5.41) is 7.87. The third kappa shape index (κ3) is 4.60. The smallest absolute Gasteiger partial charge is 0.321 e. The van der Waals surface area contributed by atoms with Gasteiger partial charge in [0, 0.05) is 13.6 Å². The lowest BCUT2D eigenvalue weighted by atomic mass is 10.2. The first-order chi connectivity index (χ1) is 14.4. The van der Waals surface area contributed by atoms with Crippen molar-refractivity contribution in [3.63, 3.8) is 0 Å². The number of aromatic nitrogens is 2. The van der Waals surface area contributed by atoms with E-state index >= 15 is 0 Å². The van der Waals surface area contributed by atoms with Crippen LogP contribution in [-0.2, 0) is 18.4 Å². The molecule has 8 nitrogen and oxygen atoms in total. The van der Waals surface area contributed by atoms with Crippen LogP contribution in [0.15, 0.2) is 65.5 Å². The molecular formula is C22H25N5O3. The van der Waals surface area contributed by atoms with Gasteiger partial charge >= 0.3 is 6.03 Å². The molecule has 30 heavy (non-hydrogen) atoms. The molecule has 3 rings (SSSR count). The summed E-state index contributed by atoms with van der Waals surface area (Å²) in [7, 11) is 1.77. The second kappa shape index (κ2) is 9.13. The van der Waals surface area contributed by atoms with Gasteiger partial charge in [0.25, 0.3) is 5.56 Å². The number of hydrogen-bond acceptors (Lipinski definition) is 4. The van der Waals surface area contributed by atoms with Crippen molar-refractivity contribution in [2.75, 3.05) is 5.32 Å². The third-order valence-electron chi connectivity index (χ3n) is 4.84. The Hall–Kier alpha value is -3.81. The largest absolute Gasteiger partial charge is 0.368 e. The van der Waals surface area contributed by atoms with Crippen molar-refractivity contribution in [3.05, 3.63) is 82.3 Å². The number of imide groups is 1. The fourth-order valence-corrected chi connectivity index (χ4v) is 3.06. The topological polar surface area (TPSA) is 97.2 Å². The first-order valence-electron chi connectivity index (χ1n) is 9.61. The van der Waals surface area contributed by atoms with Gasteiger partial charge in [-0.25, -0.2) is 9.48 Å². The van der Waals surface area contributed by atoms with Gasteiger partial charge in [-0.15, -0.1) is 0 Å². The Morgan fingerprint density at radius 2 is 1.60 bits per heavy atom. The van der Waals surface area contributed by atoms with Crippen molar-refractivity contribution < 1.29 is 9.59 Å². The van der Waals surface area contributed by atoms with Crippen LogP contribution in [0.1, 0.15) is 18.2 Å². The van der Waals surface area contributed by atoms with Crippen molar-refractivity contribution >= 4 is 17.6 Å². The molecule has 0 saturated carbocycles. The van der Waals surface area contributed by atoms with E-state index in [2.05, 4.69) is 16.0 Å². The summed E-state index contributed by atoms with van der Waals surface area (Å²) < 4.78 is 3.24. The molecule has 0 fully saturated rings.